The lowest BCUT2D eigenvalue weighted by atomic mass is 9.89. The standard InChI is InChI=1S/C33H43N5O7S/c1-24(32(40)41)36-46(42,43)38-19-17-37(18-20-38)28-14-11-25(12-15-28)8-9-26-10-13-27-6-5-7-30(29(27)22-26)35-44-21-16-34-23-31(39)45-33(2,3)4/h10-15,22,24,34,36H,5-7,16-21,23H2,1-4H3,(H,40,41). The van der Waals surface area contributed by atoms with Gasteiger partial charge >= 0.3 is 11.9 Å². The Labute approximate surface area is 271 Å². The van der Waals surface area contributed by atoms with E-state index in [2.05, 4.69) is 44.1 Å². The SMILES string of the molecule is CC(NS(=O)(=O)N1CCN(c2ccc(C#Cc3ccc4c(c3)C(=NOCCNCC(=O)OC(C)(C)C)CCC4)cc2)CC1)C(=O)O. The minimum atomic E-state index is -3.87. The second kappa shape index (κ2) is 15.6. The summed E-state index contributed by atoms with van der Waals surface area (Å²) in [6.07, 6.45) is 2.78. The average Bonchev–Trinajstić information content (AvgIpc) is 3.01. The second-order valence-corrected chi connectivity index (χ2v) is 13.9. The van der Waals surface area contributed by atoms with Gasteiger partial charge in [-0.15, -0.1) is 0 Å². The molecule has 0 bridgehead atoms. The van der Waals surface area contributed by atoms with E-state index in [1.165, 1.54) is 16.8 Å². The number of anilines is 1. The van der Waals surface area contributed by atoms with E-state index in [1.807, 2.05) is 51.1 Å². The number of carbonyl (C=O) groups is 2. The van der Waals surface area contributed by atoms with Gasteiger partial charge in [-0.25, -0.2) is 0 Å². The normalized spacial score (nSPS) is 17.0. The minimum absolute atomic E-state index is 0.114. The van der Waals surface area contributed by atoms with Crippen LogP contribution in [-0.2, 0) is 35.8 Å². The molecule has 2 aliphatic rings. The number of hydrogen-bond donors (Lipinski definition) is 3. The van der Waals surface area contributed by atoms with Crippen molar-refractivity contribution in [2.75, 3.05) is 50.8 Å². The van der Waals surface area contributed by atoms with E-state index in [0.29, 0.717) is 26.2 Å². The maximum absolute atomic E-state index is 12.5. The number of piperazine rings is 1. The van der Waals surface area contributed by atoms with Crippen molar-refractivity contribution in [3.63, 3.8) is 0 Å². The molecule has 2 aromatic rings. The van der Waals surface area contributed by atoms with Gasteiger partial charge in [0.2, 0.25) is 0 Å². The molecule has 3 N–H and O–H groups in total. The number of nitrogens with zero attached hydrogens (tertiary/aromatic N) is 3. The Balaban J connectivity index is 1.30. The zero-order valence-electron chi connectivity index (χ0n) is 26.8. The zero-order chi connectivity index (χ0) is 33.3. The molecule has 12 nitrogen and oxygen atoms in total. The molecule has 1 unspecified atom stereocenters. The first-order valence-corrected chi connectivity index (χ1v) is 16.9. The first-order valence-electron chi connectivity index (χ1n) is 15.4. The smallest absolute Gasteiger partial charge is 0.321 e. The number of carboxylic acids is 1. The highest BCUT2D eigenvalue weighted by Crippen LogP contribution is 2.23. The fourth-order valence-corrected chi connectivity index (χ4v) is 6.40. The van der Waals surface area contributed by atoms with Crippen LogP contribution in [0, 0.1) is 11.8 Å². The molecule has 0 amide bonds. The number of nitrogens with one attached hydrogen (secondary N) is 2. The summed E-state index contributed by atoms with van der Waals surface area (Å²) < 4.78 is 33.7. The Bertz CT molecular complexity index is 1580. The maximum Gasteiger partial charge on any atom is 0.321 e. The number of aliphatic carboxylic acids is 1. The van der Waals surface area contributed by atoms with Crippen LogP contribution in [0.15, 0.2) is 47.6 Å². The third-order valence-corrected chi connectivity index (χ3v) is 9.07. The average molecular weight is 654 g/mol. The lowest BCUT2D eigenvalue weighted by molar-refractivity contribution is -0.153. The Morgan fingerprint density at radius 3 is 2.37 bits per heavy atom. The Hall–Kier alpha value is -3.96. The number of fused-ring (bicyclic) bond motifs is 1. The number of esters is 1. The highest BCUT2D eigenvalue weighted by atomic mass is 32.2. The Kier molecular flexibility index (Phi) is 11.8. The number of hydrogen-bond acceptors (Lipinski definition) is 9. The van der Waals surface area contributed by atoms with Gasteiger partial charge in [0.1, 0.15) is 18.2 Å². The van der Waals surface area contributed by atoms with Crippen LogP contribution in [0.3, 0.4) is 0 Å². The highest BCUT2D eigenvalue weighted by molar-refractivity contribution is 7.87. The fraction of sp³-hybridized carbons (Fsp3) is 0.485. The first-order chi connectivity index (χ1) is 21.8. The van der Waals surface area contributed by atoms with Crippen molar-refractivity contribution in [3.05, 3.63) is 64.7 Å². The van der Waals surface area contributed by atoms with Gasteiger partial charge in [-0.2, -0.15) is 17.4 Å². The molecular formula is C33H43N5O7S. The maximum atomic E-state index is 12.5. The molecule has 1 heterocycles. The van der Waals surface area contributed by atoms with E-state index in [1.54, 1.807) is 0 Å². The fourth-order valence-electron chi connectivity index (χ4n) is 5.06. The monoisotopic (exact) mass is 653 g/mol. The molecular weight excluding hydrogens is 610 g/mol. The Morgan fingerprint density at radius 1 is 1.02 bits per heavy atom. The summed E-state index contributed by atoms with van der Waals surface area (Å²) in [5, 5.41) is 16.4. The van der Waals surface area contributed by atoms with E-state index < -0.39 is 27.8 Å². The largest absolute Gasteiger partial charge is 0.480 e. The molecule has 1 atom stereocenters. The molecule has 46 heavy (non-hydrogen) atoms. The Morgan fingerprint density at radius 2 is 1.70 bits per heavy atom. The lowest BCUT2D eigenvalue weighted by Gasteiger charge is -2.35. The number of rotatable bonds is 11. The molecule has 0 saturated carbocycles. The molecule has 0 spiro atoms. The van der Waals surface area contributed by atoms with E-state index in [9.17, 15) is 18.0 Å². The summed E-state index contributed by atoms with van der Waals surface area (Å²) in [6.45, 7) is 9.19. The minimum Gasteiger partial charge on any atom is -0.480 e. The number of ether oxygens (including phenoxy) is 1. The molecule has 1 fully saturated rings. The highest BCUT2D eigenvalue weighted by Gasteiger charge is 2.29. The molecule has 1 aliphatic heterocycles. The van der Waals surface area contributed by atoms with Crippen LogP contribution < -0.4 is 14.9 Å². The van der Waals surface area contributed by atoms with Gasteiger partial charge in [-0.3, -0.25) is 9.59 Å². The van der Waals surface area contributed by atoms with E-state index in [-0.39, 0.29) is 25.6 Å². The van der Waals surface area contributed by atoms with Crippen LogP contribution >= 0.6 is 0 Å². The van der Waals surface area contributed by atoms with Crippen molar-refractivity contribution in [2.24, 2.45) is 5.16 Å². The van der Waals surface area contributed by atoms with Gasteiger partial charge in [0.05, 0.1) is 12.3 Å². The van der Waals surface area contributed by atoms with Crippen LogP contribution in [0.1, 0.15) is 62.8 Å². The summed E-state index contributed by atoms with van der Waals surface area (Å²) in [4.78, 5) is 30.5. The molecule has 248 valence electrons. The molecule has 1 saturated heterocycles. The third-order valence-electron chi connectivity index (χ3n) is 7.37. The van der Waals surface area contributed by atoms with Gasteiger partial charge in [0.15, 0.2) is 0 Å². The van der Waals surface area contributed by atoms with Crippen LogP contribution in [0.25, 0.3) is 0 Å². The van der Waals surface area contributed by atoms with E-state index in [4.69, 9.17) is 14.7 Å². The van der Waals surface area contributed by atoms with Crippen LogP contribution in [0.5, 0.6) is 0 Å². The molecule has 2 aromatic carbocycles. The van der Waals surface area contributed by atoms with Crippen molar-refractivity contribution < 1.29 is 32.7 Å². The zero-order valence-corrected chi connectivity index (χ0v) is 27.7. The number of carboxylic acid groups (broad SMARTS) is 1. The van der Waals surface area contributed by atoms with Gasteiger partial charge in [0, 0.05) is 55.1 Å². The van der Waals surface area contributed by atoms with Crippen LogP contribution in [0.2, 0.25) is 0 Å². The molecule has 4 rings (SSSR count). The molecule has 13 heteroatoms. The lowest BCUT2D eigenvalue weighted by Crippen LogP contribution is -2.54. The van der Waals surface area contributed by atoms with Crippen LogP contribution in [-0.4, -0.2) is 93.0 Å². The molecule has 0 radical (unpaired) electrons. The van der Waals surface area contributed by atoms with Crippen molar-refractivity contribution in [3.8, 4) is 11.8 Å². The molecule has 1 aliphatic carbocycles. The van der Waals surface area contributed by atoms with Crippen molar-refractivity contribution in [1.29, 1.82) is 0 Å². The van der Waals surface area contributed by atoms with Gasteiger partial charge in [-0.05, 0) is 88.9 Å². The predicted molar refractivity (Wildman–Crippen MR) is 176 cm³/mol. The number of benzene rings is 2. The third kappa shape index (κ3) is 10.3. The number of oxime groups is 1. The summed E-state index contributed by atoms with van der Waals surface area (Å²) >= 11 is 0. The first kappa shape index (κ1) is 34.9. The van der Waals surface area contributed by atoms with Crippen molar-refractivity contribution in [1.82, 2.24) is 14.3 Å². The van der Waals surface area contributed by atoms with Gasteiger partial charge in [-0.1, -0.05) is 23.1 Å². The summed E-state index contributed by atoms with van der Waals surface area (Å²) in [6, 6.07) is 12.8. The summed E-state index contributed by atoms with van der Waals surface area (Å²) in [5.41, 5.74) is 5.33. The van der Waals surface area contributed by atoms with Gasteiger partial charge in [0.25, 0.3) is 10.2 Å². The summed E-state index contributed by atoms with van der Waals surface area (Å²) in [5.74, 6) is 4.95. The van der Waals surface area contributed by atoms with Crippen LogP contribution in [0.4, 0.5) is 5.69 Å². The molecule has 0 aromatic heterocycles. The van der Waals surface area contributed by atoms with Gasteiger partial charge < -0.3 is 24.9 Å². The summed E-state index contributed by atoms with van der Waals surface area (Å²) in [7, 11) is -3.87. The van der Waals surface area contributed by atoms with Crippen molar-refractivity contribution in [2.45, 2.75) is 58.6 Å². The van der Waals surface area contributed by atoms with E-state index in [0.717, 1.165) is 47.4 Å². The van der Waals surface area contributed by atoms with E-state index >= 15 is 0 Å². The topological polar surface area (TPSA) is 150 Å². The second-order valence-electron chi connectivity index (χ2n) is 12.2. The predicted octanol–water partition coefficient (Wildman–Crippen LogP) is 2.50. The quantitative estimate of drug-likeness (QED) is 0.144. The van der Waals surface area contributed by atoms with Crippen molar-refractivity contribution >= 4 is 33.5 Å². The number of aryl methyl sites for hydroxylation is 1. The number of carbonyl (C=O) groups excluding carboxylic acids is 1.